The van der Waals surface area contributed by atoms with Crippen LogP contribution in [0.1, 0.15) is 6.92 Å². The molecule has 2 N–H and O–H groups in total. The third-order valence-corrected chi connectivity index (χ3v) is 4.52. The van der Waals surface area contributed by atoms with E-state index in [1.165, 1.54) is 6.07 Å². The second kappa shape index (κ2) is 7.10. The summed E-state index contributed by atoms with van der Waals surface area (Å²) in [5.74, 6) is -1.47. The molecule has 5 nitrogen and oxygen atoms in total. The molecule has 0 aliphatic carbocycles. The molecule has 1 atom stereocenters. The van der Waals surface area contributed by atoms with E-state index in [0.717, 1.165) is 34.9 Å². The number of H-pyrrole nitrogens is 1. The molecule has 1 heterocycles. The SMILES string of the molecule is COc1ccc2nc(SC(C)C(=O)Nc3c(F)cccc3F)[nH]c2c1. The predicted molar refractivity (Wildman–Crippen MR) is 93.0 cm³/mol. The molecule has 3 aromatic rings. The average molecular weight is 363 g/mol. The molecule has 25 heavy (non-hydrogen) atoms. The molecule has 8 heteroatoms. The zero-order chi connectivity index (χ0) is 18.0. The number of methoxy groups -OCH3 is 1. The Kier molecular flexibility index (Phi) is 4.89. The first-order valence-corrected chi connectivity index (χ1v) is 8.31. The summed E-state index contributed by atoms with van der Waals surface area (Å²) in [7, 11) is 1.57. The van der Waals surface area contributed by atoms with Gasteiger partial charge in [0.1, 0.15) is 23.1 Å². The van der Waals surface area contributed by atoms with E-state index in [4.69, 9.17) is 4.74 Å². The number of aromatic nitrogens is 2. The maximum absolute atomic E-state index is 13.6. The van der Waals surface area contributed by atoms with Crippen LogP contribution in [0.25, 0.3) is 11.0 Å². The number of aromatic amines is 1. The number of amides is 1. The van der Waals surface area contributed by atoms with Crippen molar-refractivity contribution in [2.45, 2.75) is 17.3 Å². The number of halogens is 2. The van der Waals surface area contributed by atoms with Crippen molar-refractivity contribution in [3.05, 3.63) is 48.0 Å². The first-order chi connectivity index (χ1) is 12.0. The van der Waals surface area contributed by atoms with E-state index in [-0.39, 0.29) is 0 Å². The Morgan fingerprint density at radius 2 is 2.00 bits per heavy atom. The van der Waals surface area contributed by atoms with Gasteiger partial charge in [-0.15, -0.1) is 0 Å². The second-order valence-corrected chi connectivity index (χ2v) is 6.60. The Balaban J connectivity index is 1.73. The zero-order valence-electron chi connectivity index (χ0n) is 13.5. The lowest BCUT2D eigenvalue weighted by Gasteiger charge is -2.11. The number of imidazole rings is 1. The molecule has 130 valence electrons. The Hall–Kier alpha value is -2.61. The fourth-order valence-electron chi connectivity index (χ4n) is 2.21. The zero-order valence-corrected chi connectivity index (χ0v) is 14.3. The van der Waals surface area contributed by atoms with Gasteiger partial charge in [-0.2, -0.15) is 0 Å². The minimum atomic E-state index is -0.818. The number of para-hydroxylation sites is 1. The molecular formula is C17H15F2N3O2S. The van der Waals surface area contributed by atoms with Crippen molar-refractivity contribution in [3.8, 4) is 5.75 Å². The molecule has 3 rings (SSSR count). The first kappa shape index (κ1) is 17.2. The topological polar surface area (TPSA) is 67.0 Å². The number of thioether (sulfide) groups is 1. The summed E-state index contributed by atoms with van der Waals surface area (Å²) in [6.07, 6.45) is 0. The first-order valence-electron chi connectivity index (χ1n) is 7.43. The molecule has 0 spiro atoms. The summed E-state index contributed by atoms with van der Waals surface area (Å²) < 4.78 is 32.4. The predicted octanol–water partition coefficient (Wildman–Crippen LogP) is 3.97. The second-order valence-electron chi connectivity index (χ2n) is 5.27. The van der Waals surface area contributed by atoms with Crippen molar-refractivity contribution in [2.75, 3.05) is 12.4 Å². The molecule has 0 aliphatic heterocycles. The van der Waals surface area contributed by atoms with Gasteiger partial charge in [-0.3, -0.25) is 4.79 Å². The molecule has 1 aromatic heterocycles. The summed E-state index contributed by atoms with van der Waals surface area (Å²) in [4.78, 5) is 19.7. The van der Waals surface area contributed by atoms with Gasteiger partial charge in [-0.25, -0.2) is 13.8 Å². The van der Waals surface area contributed by atoms with E-state index in [9.17, 15) is 13.6 Å². The van der Waals surface area contributed by atoms with Gasteiger partial charge in [0.25, 0.3) is 0 Å². The fourth-order valence-corrected chi connectivity index (χ4v) is 3.03. The largest absolute Gasteiger partial charge is 0.497 e. The molecule has 2 aromatic carbocycles. The molecule has 0 bridgehead atoms. The highest BCUT2D eigenvalue weighted by molar-refractivity contribution is 8.00. The number of fused-ring (bicyclic) bond motifs is 1. The van der Waals surface area contributed by atoms with Gasteiger partial charge in [0.15, 0.2) is 5.16 Å². The van der Waals surface area contributed by atoms with E-state index in [2.05, 4.69) is 15.3 Å². The molecule has 1 unspecified atom stereocenters. The third kappa shape index (κ3) is 3.74. The average Bonchev–Trinajstić information content (AvgIpc) is 2.99. The Labute approximate surface area is 146 Å². The normalized spacial score (nSPS) is 12.2. The quantitative estimate of drug-likeness (QED) is 0.673. The van der Waals surface area contributed by atoms with Gasteiger partial charge in [0.05, 0.1) is 23.4 Å². The van der Waals surface area contributed by atoms with E-state index >= 15 is 0 Å². The number of nitrogens with zero attached hydrogens (tertiary/aromatic N) is 1. The number of carbonyl (C=O) groups is 1. The van der Waals surface area contributed by atoms with E-state index in [0.29, 0.717) is 10.9 Å². The number of benzene rings is 2. The van der Waals surface area contributed by atoms with Crippen molar-refractivity contribution in [2.24, 2.45) is 0 Å². The van der Waals surface area contributed by atoms with Gasteiger partial charge < -0.3 is 15.0 Å². The van der Waals surface area contributed by atoms with Crippen LogP contribution in [0.2, 0.25) is 0 Å². The van der Waals surface area contributed by atoms with E-state index in [1.807, 2.05) is 0 Å². The molecule has 0 aliphatic rings. The van der Waals surface area contributed by atoms with Gasteiger partial charge in [-0.1, -0.05) is 17.8 Å². The Bertz CT molecular complexity index is 909. The summed E-state index contributed by atoms with van der Waals surface area (Å²) in [6, 6.07) is 8.79. The number of hydrogen-bond donors (Lipinski definition) is 2. The Morgan fingerprint density at radius 1 is 1.28 bits per heavy atom. The summed E-state index contributed by atoms with van der Waals surface area (Å²) in [5, 5.41) is 2.20. The van der Waals surface area contributed by atoms with Gasteiger partial charge in [0, 0.05) is 6.07 Å². The standard InChI is InChI=1S/C17H15F2N3O2S/c1-9(16(23)22-15-11(18)4-3-5-12(15)19)25-17-20-13-7-6-10(24-2)8-14(13)21-17/h3-9H,1-2H3,(H,20,21)(H,22,23). The molecule has 1 amide bonds. The number of ether oxygens (including phenoxy) is 1. The van der Waals surface area contributed by atoms with Crippen LogP contribution in [-0.2, 0) is 4.79 Å². The summed E-state index contributed by atoms with van der Waals surface area (Å²) in [6.45, 7) is 1.63. The number of rotatable bonds is 5. The van der Waals surface area contributed by atoms with Crippen molar-refractivity contribution in [1.82, 2.24) is 9.97 Å². The van der Waals surface area contributed by atoms with E-state index in [1.54, 1.807) is 32.2 Å². The van der Waals surface area contributed by atoms with Crippen molar-refractivity contribution >= 4 is 34.4 Å². The number of anilines is 1. The van der Waals surface area contributed by atoms with Crippen LogP contribution in [-0.4, -0.2) is 28.2 Å². The molecule has 0 saturated carbocycles. The third-order valence-electron chi connectivity index (χ3n) is 3.54. The maximum Gasteiger partial charge on any atom is 0.237 e. The van der Waals surface area contributed by atoms with Crippen LogP contribution in [0.3, 0.4) is 0 Å². The molecule has 0 saturated heterocycles. The van der Waals surface area contributed by atoms with Crippen molar-refractivity contribution < 1.29 is 18.3 Å². The highest BCUT2D eigenvalue weighted by Crippen LogP contribution is 2.27. The fraction of sp³-hybridized carbons (Fsp3) is 0.176. The van der Waals surface area contributed by atoms with Crippen molar-refractivity contribution in [3.63, 3.8) is 0 Å². The van der Waals surface area contributed by atoms with Crippen molar-refractivity contribution in [1.29, 1.82) is 0 Å². The highest BCUT2D eigenvalue weighted by Gasteiger charge is 2.19. The Morgan fingerprint density at radius 3 is 2.68 bits per heavy atom. The van der Waals surface area contributed by atoms with Gasteiger partial charge in [0.2, 0.25) is 5.91 Å². The summed E-state index contributed by atoms with van der Waals surface area (Å²) >= 11 is 1.16. The minimum absolute atomic E-state index is 0.450. The monoisotopic (exact) mass is 363 g/mol. The van der Waals surface area contributed by atoms with Crippen LogP contribution < -0.4 is 10.1 Å². The van der Waals surface area contributed by atoms with Crippen LogP contribution in [0.5, 0.6) is 5.75 Å². The smallest absolute Gasteiger partial charge is 0.237 e. The van der Waals surface area contributed by atoms with Crippen LogP contribution in [0, 0.1) is 11.6 Å². The molecule has 0 radical (unpaired) electrons. The maximum atomic E-state index is 13.6. The lowest BCUT2D eigenvalue weighted by Crippen LogP contribution is -2.23. The minimum Gasteiger partial charge on any atom is -0.497 e. The van der Waals surface area contributed by atoms with Gasteiger partial charge in [-0.05, 0) is 31.2 Å². The van der Waals surface area contributed by atoms with E-state index < -0.39 is 28.5 Å². The van der Waals surface area contributed by atoms with Crippen LogP contribution >= 0.6 is 11.8 Å². The number of carbonyl (C=O) groups excluding carboxylic acids is 1. The van der Waals surface area contributed by atoms with Crippen LogP contribution in [0.4, 0.5) is 14.5 Å². The summed E-state index contributed by atoms with van der Waals surface area (Å²) in [5.41, 5.74) is 1.06. The number of nitrogens with one attached hydrogen (secondary N) is 2. The lowest BCUT2D eigenvalue weighted by atomic mass is 10.3. The van der Waals surface area contributed by atoms with Gasteiger partial charge >= 0.3 is 0 Å². The lowest BCUT2D eigenvalue weighted by molar-refractivity contribution is -0.115. The van der Waals surface area contributed by atoms with Crippen LogP contribution in [0.15, 0.2) is 41.6 Å². The molecule has 0 fully saturated rings. The molecular weight excluding hydrogens is 348 g/mol. The number of hydrogen-bond acceptors (Lipinski definition) is 4. The highest BCUT2D eigenvalue weighted by atomic mass is 32.2.